The minimum atomic E-state index is -0.195. The van der Waals surface area contributed by atoms with Crippen LogP contribution < -0.4 is 5.32 Å². The molecule has 0 aliphatic rings. The van der Waals surface area contributed by atoms with E-state index in [9.17, 15) is 4.79 Å². The topological polar surface area (TPSA) is 47.6 Å². The van der Waals surface area contributed by atoms with Crippen molar-refractivity contribution in [3.63, 3.8) is 0 Å². The first-order chi connectivity index (χ1) is 6.31. The molecule has 0 saturated carbocycles. The zero-order chi connectivity index (χ0) is 9.94. The van der Waals surface area contributed by atoms with Gasteiger partial charge in [0, 0.05) is 13.2 Å². The lowest BCUT2D eigenvalue weighted by atomic mass is 10.4. The summed E-state index contributed by atoms with van der Waals surface area (Å²) in [6, 6.07) is 0. The number of nitrogens with one attached hydrogen (secondary N) is 1. The van der Waals surface area contributed by atoms with E-state index in [0.717, 1.165) is 26.2 Å². The van der Waals surface area contributed by atoms with E-state index >= 15 is 0 Å². The van der Waals surface area contributed by atoms with Crippen LogP contribution in [0.4, 0.5) is 0 Å². The second-order valence-electron chi connectivity index (χ2n) is 2.53. The van der Waals surface area contributed by atoms with Crippen molar-refractivity contribution >= 4 is 5.97 Å². The Balaban J connectivity index is 3.02. The van der Waals surface area contributed by atoms with Crippen LogP contribution in [0.25, 0.3) is 0 Å². The number of hydrogen-bond acceptors (Lipinski definition) is 4. The maximum absolute atomic E-state index is 10.8. The molecule has 0 heterocycles. The smallest absolute Gasteiger partial charge is 0.319 e. The highest BCUT2D eigenvalue weighted by atomic mass is 16.5. The van der Waals surface area contributed by atoms with Gasteiger partial charge in [0.15, 0.2) is 0 Å². The Bertz CT molecular complexity index is 128. The first kappa shape index (κ1) is 12.4. The van der Waals surface area contributed by atoms with E-state index in [1.54, 1.807) is 6.92 Å². The molecule has 0 rings (SSSR count). The third-order valence-electron chi connectivity index (χ3n) is 1.42. The summed E-state index contributed by atoms with van der Waals surface area (Å²) in [5, 5.41) is 2.97. The van der Waals surface area contributed by atoms with Crippen LogP contribution in [0.1, 0.15) is 20.3 Å². The fraction of sp³-hybridized carbons (Fsp3) is 0.889. The molecule has 0 fully saturated rings. The minimum absolute atomic E-state index is 0.195. The Morgan fingerprint density at radius 2 is 2.08 bits per heavy atom. The highest BCUT2D eigenvalue weighted by molar-refractivity contribution is 5.71. The van der Waals surface area contributed by atoms with Gasteiger partial charge >= 0.3 is 5.97 Å². The molecule has 0 atom stereocenters. The number of rotatable bonds is 8. The van der Waals surface area contributed by atoms with Crippen LogP contribution in [0.5, 0.6) is 0 Å². The number of esters is 1. The predicted octanol–water partition coefficient (Wildman–Crippen LogP) is 0.566. The van der Waals surface area contributed by atoms with Gasteiger partial charge in [0.1, 0.15) is 0 Å². The van der Waals surface area contributed by atoms with Crippen molar-refractivity contribution < 1.29 is 14.3 Å². The fourth-order valence-corrected chi connectivity index (χ4v) is 0.846. The SMILES string of the molecule is CCOCCCNCC(=O)OCC. The van der Waals surface area contributed by atoms with Gasteiger partial charge in [-0.05, 0) is 26.8 Å². The van der Waals surface area contributed by atoms with Gasteiger partial charge in [-0.2, -0.15) is 0 Å². The Morgan fingerprint density at radius 1 is 1.31 bits per heavy atom. The second kappa shape index (κ2) is 9.48. The lowest BCUT2D eigenvalue weighted by Crippen LogP contribution is -2.26. The van der Waals surface area contributed by atoms with Crippen LogP contribution in [-0.4, -0.2) is 38.9 Å². The van der Waals surface area contributed by atoms with E-state index in [1.165, 1.54) is 0 Å². The summed E-state index contributed by atoms with van der Waals surface area (Å²) in [5.74, 6) is -0.195. The number of carbonyl (C=O) groups is 1. The van der Waals surface area contributed by atoms with Crippen molar-refractivity contribution in [2.45, 2.75) is 20.3 Å². The summed E-state index contributed by atoms with van der Waals surface area (Å²) < 4.78 is 9.87. The minimum Gasteiger partial charge on any atom is -0.465 e. The first-order valence-corrected chi connectivity index (χ1v) is 4.75. The Labute approximate surface area is 79.6 Å². The van der Waals surface area contributed by atoms with Crippen molar-refractivity contribution in [1.29, 1.82) is 0 Å². The summed E-state index contributed by atoms with van der Waals surface area (Å²) in [5.41, 5.74) is 0. The van der Waals surface area contributed by atoms with Gasteiger partial charge in [-0.1, -0.05) is 0 Å². The Hall–Kier alpha value is -0.610. The highest BCUT2D eigenvalue weighted by Crippen LogP contribution is 1.80. The molecule has 0 saturated heterocycles. The van der Waals surface area contributed by atoms with Gasteiger partial charge in [0.25, 0.3) is 0 Å². The molecule has 13 heavy (non-hydrogen) atoms. The molecule has 0 aromatic carbocycles. The van der Waals surface area contributed by atoms with Crippen LogP contribution in [-0.2, 0) is 14.3 Å². The molecular weight excluding hydrogens is 170 g/mol. The molecule has 0 amide bonds. The maximum Gasteiger partial charge on any atom is 0.319 e. The van der Waals surface area contributed by atoms with Gasteiger partial charge in [0.2, 0.25) is 0 Å². The summed E-state index contributed by atoms with van der Waals surface area (Å²) in [6.07, 6.45) is 0.924. The van der Waals surface area contributed by atoms with E-state index in [1.807, 2.05) is 6.92 Å². The molecule has 0 aromatic rings. The van der Waals surface area contributed by atoms with Gasteiger partial charge < -0.3 is 14.8 Å². The third kappa shape index (κ3) is 9.30. The third-order valence-corrected chi connectivity index (χ3v) is 1.42. The predicted molar refractivity (Wildman–Crippen MR) is 50.6 cm³/mol. The van der Waals surface area contributed by atoms with Crippen molar-refractivity contribution in [2.75, 3.05) is 32.9 Å². The van der Waals surface area contributed by atoms with Crippen LogP contribution in [0.3, 0.4) is 0 Å². The molecule has 4 heteroatoms. The Morgan fingerprint density at radius 3 is 2.69 bits per heavy atom. The Kier molecular flexibility index (Phi) is 9.03. The van der Waals surface area contributed by atoms with Crippen molar-refractivity contribution in [3.05, 3.63) is 0 Å². The lowest BCUT2D eigenvalue weighted by Gasteiger charge is -2.04. The average Bonchev–Trinajstić information content (AvgIpc) is 2.11. The molecule has 0 unspecified atom stereocenters. The molecule has 78 valence electrons. The molecule has 0 bridgehead atoms. The second-order valence-corrected chi connectivity index (χ2v) is 2.53. The maximum atomic E-state index is 10.8. The van der Waals surface area contributed by atoms with Gasteiger partial charge in [-0.3, -0.25) is 4.79 Å². The van der Waals surface area contributed by atoms with E-state index in [2.05, 4.69) is 5.32 Å². The van der Waals surface area contributed by atoms with E-state index in [0.29, 0.717) is 13.2 Å². The zero-order valence-electron chi connectivity index (χ0n) is 8.47. The fourth-order valence-electron chi connectivity index (χ4n) is 0.846. The lowest BCUT2D eigenvalue weighted by molar-refractivity contribution is -0.142. The van der Waals surface area contributed by atoms with Crippen LogP contribution >= 0.6 is 0 Å². The normalized spacial score (nSPS) is 10.0. The molecule has 0 radical (unpaired) electrons. The number of hydrogen-bond donors (Lipinski definition) is 1. The molecule has 0 aromatic heterocycles. The molecular formula is C9H19NO3. The van der Waals surface area contributed by atoms with Crippen LogP contribution in [0.2, 0.25) is 0 Å². The highest BCUT2D eigenvalue weighted by Gasteiger charge is 1.98. The molecule has 1 N–H and O–H groups in total. The van der Waals surface area contributed by atoms with E-state index in [-0.39, 0.29) is 5.97 Å². The van der Waals surface area contributed by atoms with Gasteiger partial charge in [0.05, 0.1) is 13.2 Å². The largest absolute Gasteiger partial charge is 0.465 e. The average molecular weight is 189 g/mol. The number of ether oxygens (including phenoxy) is 2. The molecule has 0 spiro atoms. The molecule has 4 nitrogen and oxygen atoms in total. The summed E-state index contributed by atoms with van der Waals surface area (Å²) in [7, 11) is 0. The van der Waals surface area contributed by atoms with E-state index in [4.69, 9.17) is 9.47 Å². The summed E-state index contributed by atoms with van der Waals surface area (Å²) >= 11 is 0. The van der Waals surface area contributed by atoms with Gasteiger partial charge in [-0.15, -0.1) is 0 Å². The summed E-state index contributed by atoms with van der Waals surface area (Å²) in [6.45, 7) is 6.78. The quantitative estimate of drug-likeness (QED) is 0.448. The van der Waals surface area contributed by atoms with E-state index < -0.39 is 0 Å². The zero-order valence-corrected chi connectivity index (χ0v) is 8.47. The van der Waals surface area contributed by atoms with Crippen LogP contribution in [0.15, 0.2) is 0 Å². The standard InChI is InChI=1S/C9H19NO3/c1-3-12-7-5-6-10-8-9(11)13-4-2/h10H,3-8H2,1-2H3. The first-order valence-electron chi connectivity index (χ1n) is 4.75. The monoisotopic (exact) mass is 189 g/mol. The van der Waals surface area contributed by atoms with Crippen molar-refractivity contribution in [3.8, 4) is 0 Å². The molecule has 0 aliphatic heterocycles. The van der Waals surface area contributed by atoms with Gasteiger partial charge in [-0.25, -0.2) is 0 Å². The van der Waals surface area contributed by atoms with Crippen LogP contribution in [0, 0.1) is 0 Å². The molecule has 0 aliphatic carbocycles. The van der Waals surface area contributed by atoms with Crippen molar-refractivity contribution in [1.82, 2.24) is 5.32 Å². The number of carbonyl (C=O) groups excluding carboxylic acids is 1. The summed E-state index contributed by atoms with van der Waals surface area (Å²) in [4.78, 5) is 10.8. The van der Waals surface area contributed by atoms with Crippen molar-refractivity contribution in [2.24, 2.45) is 0 Å².